The maximum Gasteiger partial charge on any atom is 0.345 e. The van der Waals surface area contributed by atoms with Gasteiger partial charge in [-0.2, -0.15) is 0 Å². The third-order valence-corrected chi connectivity index (χ3v) is 3.53. The monoisotopic (exact) mass is 284 g/mol. The lowest BCUT2D eigenvalue weighted by Crippen LogP contribution is -2.30. The van der Waals surface area contributed by atoms with Gasteiger partial charge in [0.2, 0.25) is 0 Å². The van der Waals surface area contributed by atoms with Gasteiger partial charge >= 0.3 is 5.97 Å². The SMILES string of the molecule is Cc1cc(C)c(C[C@@H](Oc2ccccc2)C(=O)O)c(C)c1. The Morgan fingerprint density at radius 1 is 1.10 bits per heavy atom. The Morgan fingerprint density at radius 3 is 2.19 bits per heavy atom. The van der Waals surface area contributed by atoms with E-state index >= 15 is 0 Å². The summed E-state index contributed by atoms with van der Waals surface area (Å²) in [4.78, 5) is 11.5. The van der Waals surface area contributed by atoms with Crippen molar-refractivity contribution < 1.29 is 14.6 Å². The zero-order valence-corrected chi connectivity index (χ0v) is 12.6. The molecule has 0 saturated carbocycles. The third-order valence-electron chi connectivity index (χ3n) is 3.53. The maximum absolute atomic E-state index is 11.5. The zero-order chi connectivity index (χ0) is 15.4. The molecule has 1 N–H and O–H groups in total. The van der Waals surface area contributed by atoms with Crippen LogP contribution in [0.4, 0.5) is 0 Å². The molecule has 0 spiro atoms. The molecular formula is C18H20O3. The predicted molar refractivity (Wildman–Crippen MR) is 82.9 cm³/mol. The molecule has 0 fully saturated rings. The summed E-state index contributed by atoms with van der Waals surface area (Å²) < 4.78 is 5.62. The fourth-order valence-electron chi connectivity index (χ4n) is 2.56. The molecule has 110 valence electrons. The van der Waals surface area contributed by atoms with Crippen molar-refractivity contribution >= 4 is 5.97 Å². The zero-order valence-electron chi connectivity index (χ0n) is 12.6. The minimum Gasteiger partial charge on any atom is -0.478 e. The summed E-state index contributed by atoms with van der Waals surface area (Å²) in [6.45, 7) is 6.06. The fraction of sp³-hybridized carbons (Fsp3) is 0.278. The highest BCUT2D eigenvalue weighted by molar-refractivity contribution is 5.73. The molecule has 0 unspecified atom stereocenters. The number of hydrogen-bond acceptors (Lipinski definition) is 2. The van der Waals surface area contributed by atoms with Crippen molar-refractivity contribution in [2.45, 2.75) is 33.3 Å². The van der Waals surface area contributed by atoms with Crippen LogP contribution in [0.2, 0.25) is 0 Å². The van der Waals surface area contributed by atoms with E-state index in [1.54, 1.807) is 12.1 Å². The Bertz CT molecular complexity index is 609. The standard InChI is InChI=1S/C18H20O3/c1-12-9-13(2)16(14(3)10-12)11-17(18(19)20)21-15-7-5-4-6-8-15/h4-10,17H,11H2,1-3H3,(H,19,20)/t17-/m1/s1. The Balaban J connectivity index is 2.23. The van der Waals surface area contributed by atoms with Crippen molar-refractivity contribution in [2.24, 2.45) is 0 Å². The molecule has 0 radical (unpaired) electrons. The molecule has 0 amide bonds. The van der Waals surface area contributed by atoms with Crippen LogP contribution in [-0.4, -0.2) is 17.2 Å². The van der Waals surface area contributed by atoms with Crippen LogP contribution in [0.3, 0.4) is 0 Å². The average Bonchev–Trinajstić information content (AvgIpc) is 2.42. The van der Waals surface area contributed by atoms with E-state index < -0.39 is 12.1 Å². The predicted octanol–water partition coefficient (Wildman–Crippen LogP) is 3.69. The second kappa shape index (κ2) is 6.44. The Hall–Kier alpha value is -2.29. The molecule has 0 aliphatic carbocycles. The van der Waals surface area contributed by atoms with Crippen molar-refractivity contribution in [1.82, 2.24) is 0 Å². The van der Waals surface area contributed by atoms with Crippen molar-refractivity contribution in [3.63, 3.8) is 0 Å². The molecule has 0 aliphatic rings. The van der Waals surface area contributed by atoms with E-state index in [-0.39, 0.29) is 0 Å². The van der Waals surface area contributed by atoms with Gasteiger partial charge in [-0.1, -0.05) is 35.9 Å². The first-order chi connectivity index (χ1) is 9.97. The van der Waals surface area contributed by atoms with Gasteiger partial charge < -0.3 is 9.84 Å². The van der Waals surface area contributed by atoms with Crippen LogP contribution < -0.4 is 4.74 Å². The Morgan fingerprint density at radius 2 is 1.67 bits per heavy atom. The minimum absolute atomic E-state index is 0.363. The molecule has 3 heteroatoms. The van der Waals surface area contributed by atoms with Gasteiger partial charge in [0, 0.05) is 6.42 Å². The summed E-state index contributed by atoms with van der Waals surface area (Å²) in [5.41, 5.74) is 4.44. The summed E-state index contributed by atoms with van der Waals surface area (Å²) in [5, 5.41) is 9.41. The highest BCUT2D eigenvalue weighted by Crippen LogP contribution is 2.20. The molecule has 0 bridgehead atoms. The number of carbonyl (C=O) groups is 1. The first-order valence-electron chi connectivity index (χ1n) is 6.98. The van der Waals surface area contributed by atoms with Crippen molar-refractivity contribution in [1.29, 1.82) is 0 Å². The summed E-state index contributed by atoms with van der Waals surface area (Å²) in [6.07, 6.45) is -0.519. The van der Waals surface area contributed by atoms with E-state index in [4.69, 9.17) is 4.74 Å². The number of hydrogen-bond donors (Lipinski definition) is 1. The highest BCUT2D eigenvalue weighted by Gasteiger charge is 2.22. The third kappa shape index (κ3) is 3.85. The second-order valence-corrected chi connectivity index (χ2v) is 5.34. The van der Waals surface area contributed by atoms with Crippen molar-refractivity contribution in [3.05, 3.63) is 64.7 Å². The number of benzene rings is 2. The number of ether oxygens (including phenoxy) is 1. The summed E-state index contributed by atoms with van der Waals surface area (Å²) in [6, 6.07) is 13.2. The van der Waals surface area contributed by atoms with E-state index in [0.29, 0.717) is 12.2 Å². The first kappa shape index (κ1) is 15.1. The number of carboxylic acids is 1. The lowest BCUT2D eigenvalue weighted by Gasteiger charge is -2.18. The van der Waals surface area contributed by atoms with Gasteiger partial charge in [0.25, 0.3) is 0 Å². The average molecular weight is 284 g/mol. The number of aliphatic carboxylic acids is 1. The number of rotatable bonds is 5. The van der Waals surface area contributed by atoms with E-state index in [9.17, 15) is 9.90 Å². The van der Waals surface area contributed by atoms with E-state index in [1.807, 2.05) is 39.0 Å². The number of carboxylic acid groups (broad SMARTS) is 1. The van der Waals surface area contributed by atoms with Crippen LogP contribution in [0.25, 0.3) is 0 Å². The number of para-hydroxylation sites is 1. The molecule has 21 heavy (non-hydrogen) atoms. The molecule has 2 aromatic carbocycles. The van der Waals surface area contributed by atoms with Crippen LogP contribution >= 0.6 is 0 Å². The van der Waals surface area contributed by atoms with Crippen LogP contribution in [0.1, 0.15) is 22.3 Å². The molecule has 0 heterocycles. The van der Waals surface area contributed by atoms with E-state index in [0.717, 1.165) is 16.7 Å². The summed E-state index contributed by atoms with van der Waals surface area (Å²) in [7, 11) is 0. The van der Waals surface area contributed by atoms with E-state index in [2.05, 4.69) is 12.1 Å². The van der Waals surface area contributed by atoms with Crippen molar-refractivity contribution in [2.75, 3.05) is 0 Å². The maximum atomic E-state index is 11.5. The Kier molecular flexibility index (Phi) is 4.63. The number of aryl methyl sites for hydroxylation is 3. The van der Waals surface area contributed by atoms with Gasteiger partial charge in [0.1, 0.15) is 5.75 Å². The van der Waals surface area contributed by atoms with Gasteiger partial charge in [-0.3, -0.25) is 0 Å². The molecule has 0 aliphatic heterocycles. The van der Waals surface area contributed by atoms with Gasteiger partial charge in [0.05, 0.1) is 0 Å². The normalized spacial score (nSPS) is 12.0. The lowest BCUT2D eigenvalue weighted by atomic mass is 9.95. The molecular weight excluding hydrogens is 264 g/mol. The summed E-state index contributed by atoms with van der Waals surface area (Å²) in [5.74, 6) is -0.370. The molecule has 3 nitrogen and oxygen atoms in total. The van der Waals surface area contributed by atoms with Gasteiger partial charge in [-0.15, -0.1) is 0 Å². The molecule has 2 aromatic rings. The molecule has 0 aromatic heterocycles. The summed E-state index contributed by atoms with van der Waals surface area (Å²) >= 11 is 0. The largest absolute Gasteiger partial charge is 0.478 e. The smallest absolute Gasteiger partial charge is 0.345 e. The fourth-order valence-corrected chi connectivity index (χ4v) is 2.56. The minimum atomic E-state index is -0.946. The van der Waals surface area contributed by atoms with Crippen LogP contribution in [0.5, 0.6) is 5.75 Å². The van der Waals surface area contributed by atoms with E-state index in [1.165, 1.54) is 5.56 Å². The van der Waals surface area contributed by atoms with Gasteiger partial charge in [0.15, 0.2) is 6.10 Å². The topological polar surface area (TPSA) is 46.5 Å². The van der Waals surface area contributed by atoms with Gasteiger partial charge in [-0.05, 0) is 49.6 Å². The first-order valence-corrected chi connectivity index (χ1v) is 6.98. The Labute approximate surface area is 125 Å². The van der Waals surface area contributed by atoms with Crippen LogP contribution in [0, 0.1) is 20.8 Å². The molecule has 1 atom stereocenters. The molecule has 0 saturated heterocycles. The molecule has 2 rings (SSSR count). The van der Waals surface area contributed by atoms with Gasteiger partial charge in [-0.25, -0.2) is 4.79 Å². The van der Waals surface area contributed by atoms with Crippen LogP contribution in [-0.2, 0) is 11.2 Å². The quantitative estimate of drug-likeness (QED) is 0.911. The van der Waals surface area contributed by atoms with Crippen molar-refractivity contribution in [3.8, 4) is 5.75 Å². The van der Waals surface area contributed by atoms with Crippen LogP contribution in [0.15, 0.2) is 42.5 Å². The lowest BCUT2D eigenvalue weighted by molar-refractivity contribution is -0.145. The highest BCUT2D eigenvalue weighted by atomic mass is 16.5. The second-order valence-electron chi connectivity index (χ2n) is 5.34.